The molecule has 20 heavy (non-hydrogen) atoms. The lowest BCUT2D eigenvalue weighted by Crippen LogP contribution is -2.20. The molecule has 0 N–H and O–H groups in total. The Bertz CT molecular complexity index is 755. The van der Waals surface area contributed by atoms with E-state index in [0.29, 0.717) is 0 Å². The van der Waals surface area contributed by atoms with E-state index in [1.54, 1.807) is 0 Å². The summed E-state index contributed by atoms with van der Waals surface area (Å²) in [6.45, 7) is 6.39. The van der Waals surface area contributed by atoms with Crippen molar-refractivity contribution in [3.05, 3.63) is 39.6 Å². The number of allylic oxidation sites excluding steroid dienone is 1. The second-order valence-electron chi connectivity index (χ2n) is 5.12. The third-order valence-corrected chi connectivity index (χ3v) is 6.09. The van der Waals surface area contributed by atoms with Gasteiger partial charge in [-0.05, 0) is 25.5 Å². The van der Waals surface area contributed by atoms with Crippen LogP contribution in [0.4, 0.5) is 0 Å². The lowest BCUT2D eigenvalue weighted by Gasteiger charge is -2.18. The molecular formula is C16H16N2S2. The summed E-state index contributed by atoms with van der Waals surface area (Å²) in [6, 6.07) is 9.00. The van der Waals surface area contributed by atoms with Crippen molar-refractivity contribution in [1.82, 2.24) is 4.90 Å². The molecule has 0 radical (unpaired) electrons. The van der Waals surface area contributed by atoms with E-state index in [-0.39, 0.29) is 0 Å². The van der Waals surface area contributed by atoms with E-state index in [1.807, 2.05) is 23.1 Å². The zero-order chi connectivity index (χ0) is 13.7. The molecule has 2 aliphatic heterocycles. The van der Waals surface area contributed by atoms with Gasteiger partial charge in [0, 0.05) is 32.0 Å². The van der Waals surface area contributed by atoms with Crippen molar-refractivity contribution in [2.24, 2.45) is 4.99 Å². The molecule has 0 saturated carbocycles. The first kappa shape index (κ1) is 12.5. The summed E-state index contributed by atoms with van der Waals surface area (Å²) in [4.78, 5) is 9.87. The Hall–Kier alpha value is -1.26. The van der Waals surface area contributed by atoms with E-state index in [2.05, 4.69) is 48.0 Å². The number of nitrogens with zero attached hydrogens (tertiary/aromatic N) is 2. The van der Waals surface area contributed by atoms with Crippen LogP contribution in [-0.2, 0) is 0 Å². The molecule has 4 rings (SSSR count). The summed E-state index contributed by atoms with van der Waals surface area (Å²) < 4.78 is 1.39. The summed E-state index contributed by atoms with van der Waals surface area (Å²) in [7, 11) is 0. The van der Waals surface area contributed by atoms with Crippen molar-refractivity contribution in [2.75, 3.05) is 13.1 Å². The van der Waals surface area contributed by atoms with Gasteiger partial charge >= 0.3 is 0 Å². The Morgan fingerprint density at radius 2 is 2.25 bits per heavy atom. The molecule has 0 fully saturated rings. The van der Waals surface area contributed by atoms with Gasteiger partial charge in [0.15, 0.2) is 5.17 Å². The molecule has 102 valence electrons. The average molecular weight is 300 g/mol. The fourth-order valence-electron chi connectivity index (χ4n) is 2.96. The Labute approximate surface area is 127 Å². The summed E-state index contributed by atoms with van der Waals surface area (Å²) in [5.41, 5.74) is 2.78. The van der Waals surface area contributed by atoms with Crippen molar-refractivity contribution in [2.45, 2.75) is 20.3 Å². The molecule has 0 aliphatic carbocycles. The molecule has 1 aromatic heterocycles. The molecule has 2 aromatic rings. The Balaban J connectivity index is 1.95. The predicted octanol–water partition coefficient (Wildman–Crippen LogP) is 4.71. The van der Waals surface area contributed by atoms with Crippen LogP contribution in [0.3, 0.4) is 0 Å². The van der Waals surface area contributed by atoms with Gasteiger partial charge in [-0.1, -0.05) is 30.8 Å². The van der Waals surface area contributed by atoms with E-state index in [9.17, 15) is 0 Å². The lowest BCUT2D eigenvalue weighted by molar-refractivity contribution is 0.647. The molecule has 1 aromatic carbocycles. The van der Waals surface area contributed by atoms with Gasteiger partial charge in [-0.15, -0.1) is 11.3 Å². The minimum absolute atomic E-state index is 0.932. The quantitative estimate of drug-likeness (QED) is 0.798. The third kappa shape index (κ3) is 1.75. The van der Waals surface area contributed by atoms with Crippen LogP contribution >= 0.6 is 23.1 Å². The first-order chi connectivity index (χ1) is 9.78. The van der Waals surface area contributed by atoms with Gasteiger partial charge in [-0.2, -0.15) is 0 Å². The largest absolute Gasteiger partial charge is 0.318 e. The van der Waals surface area contributed by atoms with Crippen LogP contribution in [0, 0.1) is 6.92 Å². The molecule has 0 saturated heterocycles. The van der Waals surface area contributed by atoms with Gasteiger partial charge in [-0.25, -0.2) is 0 Å². The van der Waals surface area contributed by atoms with Crippen molar-refractivity contribution < 1.29 is 0 Å². The number of thiophene rings is 1. The maximum Gasteiger partial charge on any atom is 0.168 e. The van der Waals surface area contributed by atoms with Gasteiger partial charge in [0.1, 0.15) is 0 Å². The Kier molecular flexibility index (Phi) is 2.89. The average Bonchev–Trinajstić information content (AvgIpc) is 3.09. The number of thioether (sulfide) groups is 1. The number of fused-ring (bicyclic) bond motifs is 2. The molecule has 0 amide bonds. The van der Waals surface area contributed by atoms with Gasteiger partial charge in [-0.3, -0.25) is 4.99 Å². The minimum atomic E-state index is 0.932. The lowest BCUT2D eigenvalue weighted by atomic mass is 10.1. The summed E-state index contributed by atoms with van der Waals surface area (Å²) in [5, 5.41) is 2.59. The van der Waals surface area contributed by atoms with Gasteiger partial charge in [0.05, 0.1) is 12.2 Å². The highest BCUT2D eigenvalue weighted by atomic mass is 32.2. The highest BCUT2D eigenvalue weighted by Gasteiger charge is 2.32. The Morgan fingerprint density at radius 3 is 3.10 bits per heavy atom. The maximum absolute atomic E-state index is 4.62. The monoisotopic (exact) mass is 300 g/mol. The van der Waals surface area contributed by atoms with Gasteiger partial charge < -0.3 is 4.90 Å². The summed E-state index contributed by atoms with van der Waals surface area (Å²) in [6.07, 6.45) is 1.08. The number of hydrogen-bond acceptors (Lipinski definition) is 4. The molecule has 3 heterocycles. The van der Waals surface area contributed by atoms with E-state index >= 15 is 0 Å². The highest BCUT2D eigenvalue weighted by Crippen LogP contribution is 2.45. The van der Waals surface area contributed by atoms with Gasteiger partial charge in [0.25, 0.3) is 0 Å². The van der Waals surface area contributed by atoms with Crippen molar-refractivity contribution in [1.29, 1.82) is 0 Å². The van der Waals surface area contributed by atoms with E-state index in [4.69, 9.17) is 0 Å². The van der Waals surface area contributed by atoms with E-state index in [0.717, 1.165) is 19.5 Å². The predicted molar refractivity (Wildman–Crippen MR) is 90.4 cm³/mol. The van der Waals surface area contributed by atoms with Crippen LogP contribution in [0.5, 0.6) is 0 Å². The molecule has 0 unspecified atom stereocenters. The van der Waals surface area contributed by atoms with Gasteiger partial charge in [0.2, 0.25) is 0 Å². The summed E-state index contributed by atoms with van der Waals surface area (Å²) >= 11 is 3.74. The van der Waals surface area contributed by atoms with Crippen molar-refractivity contribution in [3.63, 3.8) is 0 Å². The summed E-state index contributed by atoms with van der Waals surface area (Å²) in [5.74, 6) is 0. The smallest absolute Gasteiger partial charge is 0.168 e. The van der Waals surface area contributed by atoms with Crippen LogP contribution in [0.25, 0.3) is 15.8 Å². The molecule has 0 bridgehead atoms. The highest BCUT2D eigenvalue weighted by molar-refractivity contribution is 8.17. The van der Waals surface area contributed by atoms with Crippen molar-refractivity contribution >= 4 is 44.0 Å². The van der Waals surface area contributed by atoms with Crippen LogP contribution in [0.1, 0.15) is 23.8 Å². The Morgan fingerprint density at radius 1 is 1.35 bits per heavy atom. The SMILES string of the molecule is CCC1=C(c2cccc3sc(C)cc23)N2CCN=C2S1. The zero-order valence-corrected chi connectivity index (χ0v) is 13.3. The number of benzene rings is 1. The maximum atomic E-state index is 4.62. The number of hydrogen-bond donors (Lipinski definition) is 0. The number of rotatable bonds is 2. The standard InChI is InChI=1S/C16H16N2S2/c1-3-13-15(18-8-7-17-16(18)20-13)11-5-4-6-14-12(11)9-10(2)19-14/h4-6,9H,3,7-8H2,1-2H3. The molecule has 2 aliphatic rings. The minimum Gasteiger partial charge on any atom is -0.318 e. The zero-order valence-electron chi connectivity index (χ0n) is 11.6. The molecule has 4 heteroatoms. The topological polar surface area (TPSA) is 15.6 Å². The third-order valence-electron chi connectivity index (χ3n) is 3.81. The fourth-order valence-corrected chi connectivity index (χ4v) is 5.04. The molecule has 0 spiro atoms. The van der Waals surface area contributed by atoms with Crippen LogP contribution in [-0.4, -0.2) is 23.2 Å². The molecular weight excluding hydrogens is 284 g/mol. The number of aliphatic imine (C=N–C) groups is 1. The van der Waals surface area contributed by atoms with E-state index < -0.39 is 0 Å². The molecule has 0 atom stereocenters. The second kappa shape index (κ2) is 4.64. The first-order valence-corrected chi connectivity index (χ1v) is 8.63. The normalized spacial score (nSPS) is 18.1. The van der Waals surface area contributed by atoms with Crippen LogP contribution in [0.15, 0.2) is 34.2 Å². The number of amidine groups is 1. The second-order valence-corrected chi connectivity index (χ2v) is 7.47. The molecule has 2 nitrogen and oxygen atoms in total. The van der Waals surface area contributed by atoms with E-state index in [1.165, 1.54) is 36.3 Å². The fraction of sp³-hybridized carbons (Fsp3) is 0.312. The van der Waals surface area contributed by atoms with Crippen LogP contribution in [0.2, 0.25) is 0 Å². The van der Waals surface area contributed by atoms with Crippen LogP contribution < -0.4 is 0 Å². The first-order valence-electron chi connectivity index (χ1n) is 7.00. The number of aryl methyl sites for hydroxylation is 1. The van der Waals surface area contributed by atoms with Crippen molar-refractivity contribution in [3.8, 4) is 0 Å².